The second kappa shape index (κ2) is 23.1. The van der Waals surface area contributed by atoms with Crippen LogP contribution in [0.2, 0.25) is 0 Å². The van der Waals surface area contributed by atoms with Crippen LogP contribution < -0.4 is 10.6 Å². The van der Waals surface area contributed by atoms with E-state index in [1.807, 2.05) is 26.1 Å². The van der Waals surface area contributed by atoms with Gasteiger partial charge in [-0.1, -0.05) is 84.0 Å². The quantitative estimate of drug-likeness (QED) is 0.0284. The van der Waals surface area contributed by atoms with E-state index in [1.54, 1.807) is 7.11 Å². The number of nitrogens with one attached hydrogen (secondary N) is 2. The fourth-order valence-electron chi connectivity index (χ4n) is 11.5. The van der Waals surface area contributed by atoms with E-state index < -0.39 is 17.1 Å². The van der Waals surface area contributed by atoms with E-state index >= 15 is 0 Å². The first-order valence-electron chi connectivity index (χ1n) is 22.8. The number of carbonyl (C=O) groups is 1. The predicted octanol–water partition coefficient (Wildman–Crippen LogP) is 5.74. The van der Waals surface area contributed by atoms with E-state index in [0.29, 0.717) is 50.8 Å². The molecule has 338 valence electrons. The summed E-state index contributed by atoms with van der Waals surface area (Å²) in [5.41, 5.74) is 4.86. The molecule has 2 fully saturated rings. The Labute approximate surface area is 365 Å². The van der Waals surface area contributed by atoms with Crippen molar-refractivity contribution in [3.63, 3.8) is 0 Å². The van der Waals surface area contributed by atoms with Gasteiger partial charge in [-0.15, -0.1) is 0 Å². The fourth-order valence-corrected chi connectivity index (χ4v) is 11.5. The molecule has 4 bridgehead atoms. The van der Waals surface area contributed by atoms with Crippen molar-refractivity contribution in [1.82, 2.24) is 10.6 Å². The van der Waals surface area contributed by atoms with Gasteiger partial charge in [-0.2, -0.15) is 0 Å². The molecule has 1 aromatic rings. The maximum absolute atomic E-state index is 12.9. The second-order valence-corrected chi connectivity index (χ2v) is 18.5. The number of hydrogen-bond donors (Lipinski definition) is 7. The molecule has 61 heavy (non-hydrogen) atoms. The van der Waals surface area contributed by atoms with Crippen LogP contribution in [0.3, 0.4) is 0 Å². The van der Waals surface area contributed by atoms with Crippen molar-refractivity contribution < 1.29 is 39.8 Å². The van der Waals surface area contributed by atoms with Crippen molar-refractivity contribution in [1.29, 1.82) is 0 Å². The summed E-state index contributed by atoms with van der Waals surface area (Å²) < 4.78 is 11.5. The van der Waals surface area contributed by atoms with Crippen LogP contribution in [-0.2, 0) is 27.1 Å². The highest BCUT2D eigenvalue weighted by Gasteiger charge is 2.68. The molecule has 2 saturated carbocycles. The third-order valence-corrected chi connectivity index (χ3v) is 14.6. The van der Waals surface area contributed by atoms with Crippen molar-refractivity contribution in [3.05, 3.63) is 106 Å². The van der Waals surface area contributed by atoms with Crippen LogP contribution in [0.1, 0.15) is 82.8 Å². The maximum Gasteiger partial charge on any atom is 0.145 e. The highest BCUT2D eigenvalue weighted by Crippen LogP contribution is 2.67. The van der Waals surface area contributed by atoms with Crippen molar-refractivity contribution in [2.45, 2.75) is 102 Å². The van der Waals surface area contributed by atoms with Crippen LogP contribution in [-0.4, -0.2) is 116 Å². The van der Waals surface area contributed by atoms with Crippen LogP contribution in [0.25, 0.3) is 0 Å². The monoisotopic (exact) mass is 845 g/mol. The Bertz CT molecular complexity index is 1760. The molecule has 0 radical (unpaired) electrons. The number of rotatable bonds is 20. The lowest BCUT2D eigenvalue weighted by Gasteiger charge is -2.61. The molecule has 0 aromatic heterocycles. The zero-order valence-corrected chi connectivity index (χ0v) is 37.4. The third kappa shape index (κ3) is 11.4. The first-order valence-corrected chi connectivity index (χ1v) is 22.8. The van der Waals surface area contributed by atoms with Crippen molar-refractivity contribution >= 4 is 6.29 Å². The number of allylic oxidation sites excluding steroid dienone is 9. The molecular weight excluding hydrogens is 769 g/mol. The number of carbonyl (C=O) groups excluding carboxylic acids is 1. The summed E-state index contributed by atoms with van der Waals surface area (Å²) in [7, 11) is 3.61. The van der Waals surface area contributed by atoms with E-state index in [2.05, 4.69) is 72.7 Å². The minimum Gasteiger partial charge on any atom is -0.396 e. The number of aliphatic hydroxyl groups excluding tert-OH is 4. The number of methoxy groups -OCH3 is 1. The van der Waals surface area contributed by atoms with E-state index in [-0.39, 0.29) is 68.2 Å². The number of aldehydes is 1. The van der Waals surface area contributed by atoms with Crippen LogP contribution in [0.4, 0.5) is 0 Å². The molecule has 4 aliphatic rings. The largest absolute Gasteiger partial charge is 0.396 e. The van der Waals surface area contributed by atoms with Gasteiger partial charge in [0, 0.05) is 56.3 Å². The van der Waals surface area contributed by atoms with Gasteiger partial charge in [-0.25, -0.2) is 0 Å². The fraction of sp³-hybridized carbons (Fsp3) is 0.627. The van der Waals surface area contributed by atoms with Gasteiger partial charge in [0.1, 0.15) is 6.29 Å². The van der Waals surface area contributed by atoms with Crippen molar-refractivity contribution in [2.75, 3.05) is 66.9 Å². The summed E-state index contributed by atoms with van der Waals surface area (Å²) in [5, 5.41) is 62.6. The predicted molar refractivity (Wildman–Crippen MR) is 243 cm³/mol. The Morgan fingerprint density at radius 3 is 2.61 bits per heavy atom. The Morgan fingerprint density at radius 2 is 1.89 bits per heavy atom. The van der Waals surface area contributed by atoms with Crippen molar-refractivity contribution in [3.8, 4) is 0 Å². The number of ether oxygens (including phenoxy) is 2. The topological polar surface area (TPSA) is 161 Å². The summed E-state index contributed by atoms with van der Waals surface area (Å²) in [6.07, 6.45) is 20.0. The number of benzene rings is 1. The zero-order chi connectivity index (χ0) is 44.0. The average Bonchev–Trinajstić information content (AvgIpc) is 3.60. The molecule has 0 unspecified atom stereocenters. The number of hydrogen-bond acceptors (Lipinski definition) is 10. The molecular formula is C51H76N2O8. The Morgan fingerprint density at radius 1 is 1.08 bits per heavy atom. The molecule has 1 aromatic carbocycles. The number of aliphatic hydroxyl groups is 5. The van der Waals surface area contributed by atoms with Gasteiger partial charge >= 0.3 is 0 Å². The molecule has 9 atom stereocenters. The van der Waals surface area contributed by atoms with E-state index in [9.17, 15) is 30.3 Å². The maximum atomic E-state index is 12.9. The van der Waals surface area contributed by atoms with Gasteiger partial charge in [0.2, 0.25) is 0 Å². The van der Waals surface area contributed by atoms with E-state index in [1.165, 1.54) is 16.7 Å². The summed E-state index contributed by atoms with van der Waals surface area (Å²) >= 11 is 0. The smallest absolute Gasteiger partial charge is 0.145 e. The van der Waals surface area contributed by atoms with Crippen LogP contribution in [0.5, 0.6) is 0 Å². The molecule has 0 saturated heterocycles. The second-order valence-electron chi connectivity index (χ2n) is 18.5. The summed E-state index contributed by atoms with van der Waals surface area (Å²) in [4.78, 5) is 12.4. The highest BCUT2D eigenvalue weighted by atomic mass is 16.5. The lowest BCUT2D eigenvalue weighted by Crippen LogP contribution is -2.65. The molecule has 1 aliphatic heterocycles. The zero-order valence-electron chi connectivity index (χ0n) is 37.4. The first kappa shape index (κ1) is 49.0. The molecule has 3 aliphatic carbocycles. The van der Waals surface area contributed by atoms with Gasteiger partial charge in [-0.05, 0) is 138 Å². The molecule has 10 heteroatoms. The third-order valence-electron chi connectivity index (χ3n) is 14.6. The van der Waals surface area contributed by atoms with Crippen LogP contribution >= 0.6 is 0 Å². The Kier molecular flexibility index (Phi) is 18.5. The summed E-state index contributed by atoms with van der Waals surface area (Å²) in [6.45, 7) is 10.9. The van der Waals surface area contributed by atoms with Crippen molar-refractivity contribution in [2.24, 2.45) is 35.0 Å². The van der Waals surface area contributed by atoms with Crippen LogP contribution in [0.15, 0.2) is 95.2 Å². The summed E-state index contributed by atoms with van der Waals surface area (Å²) in [6, 6.07) is 8.84. The Balaban J connectivity index is 1.46. The molecule has 5 rings (SSSR count). The standard InChI is InChI=1S/C51H76N2O8/c1-36-13-14-42(30-39-10-7-11-40(29-39)31-49(53-33-36,19-8-24-54)22-27-60-5)37(2)9-6-12-44(35-61-28-26-56)45-17-20-51(48(45)58)47-41(18-25-55)15-16-43(46(47)38(3)34-57)32-50(51,59)21-23-52-4/h6-7,9-13,15-16,29,34,41-43,45,47-48,52-56,58-59H,2,8,14,17-28,30-33,35H2,1,3-5H3/t41-,42+,43+,45-,47-,48-,49-,50-,51-/m1/s1. The average molecular weight is 845 g/mol. The lowest BCUT2D eigenvalue weighted by molar-refractivity contribution is -0.194. The minimum atomic E-state index is -1.23. The SMILES string of the molecule is C=C(C=CC=C(COCCO)[C@H]1CC[C@]2([C@@H]1O)[C@H]1C(=C(C)C=O)[C@@H](C=C[C@@H]1CCO)C[C@]2(O)CCNC)[C@H]1CC=C(C)CN[C@](CCCO)(CCOC)Cc2cccc(c2)C1. The highest BCUT2D eigenvalue weighted by molar-refractivity contribution is 5.74. The minimum absolute atomic E-state index is 0.0390. The summed E-state index contributed by atoms with van der Waals surface area (Å²) in [5.74, 6) is -0.794. The molecule has 10 nitrogen and oxygen atoms in total. The number of fused-ring (bicyclic) bond motifs is 5. The van der Waals surface area contributed by atoms with Gasteiger partial charge < -0.3 is 45.6 Å². The molecule has 0 amide bonds. The van der Waals surface area contributed by atoms with E-state index in [4.69, 9.17) is 9.47 Å². The van der Waals surface area contributed by atoms with Gasteiger partial charge in [0.05, 0.1) is 31.5 Å². The van der Waals surface area contributed by atoms with E-state index in [0.717, 1.165) is 68.1 Å². The lowest BCUT2D eigenvalue weighted by atomic mass is 9.45. The molecule has 7 N–H and O–H groups in total. The molecule has 1 heterocycles. The van der Waals surface area contributed by atoms with Crippen LogP contribution in [0, 0.1) is 35.0 Å². The Hall–Kier alpha value is -3.03. The van der Waals surface area contributed by atoms with Gasteiger partial charge in [0.15, 0.2) is 0 Å². The first-order chi connectivity index (χ1) is 29.4. The molecule has 1 spiro atoms. The van der Waals surface area contributed by atoms with Gasteiger partial charge in [0.25, 0.3) is 0 Å². The van der Waals surface area contributed by atoms with Gasteiger partial charge in [-0.3, -0.25) is 4.79 Å². The normalized spacial score (nSPS) is 32.7.